The van der Waals surface area contributed by atoms with Crippen LogP contribution in [-0.2, 0) is 4.79 Å². The van der Waals surface area contributed by atoms with Gasteiger partial charge >= 0.3 is 0 Å². The number of benzene rings is 1. The molecule has 0 fully saturated rings. The molecule has 1 atom stereocenters. The van der Waals surface area contributed by atoms with Crippen LogP contribution in [0.3, 0.4) is 0 Å². The van der Waals surface area contributed by atoms with Crippen molar-refractivity contribution in [2.75, 3.05) is 10.6 Å². The third-order valence-electron chi connectivity index (χ3n) is 2.76. The Kier molecular flexibility index (Phi) is 5.43. The van der Waals surface area contributed by atoms with E-state index in [1.807, 2.05) is 24.3 Å². The first-order valence-electron chi connectivity index (χ1n) is 6.28. The first-order chi connectivity index (χ1) is 8.52. The highest BCUT2D eigenvalue weighted by Gasteiger charge is 2.05. The van der Waals surface area contributed by atoms with Crippen LogP contribution in [0.1, 0.15) is 32.3 Å². The molecular weight excluding hydrogens is 224 g/mol. The Morgan fingerprint density at radius 2 is 2.22 bits per heavy atom. The highest BCUT2D eigenvalue weighted by Crippen LogP contribution is 2.21. The van der Waals surface area contributed by atoms with E-state index in [4.69, 9.17) is 0 Å². The molecule has 0 heterocycles. The Morgan fingerprint density at radius 1 is 1.50 bits per heavy atom. The second kappa shape index (κ2) is 6.84. The summed E-state index contributed by atoms with van der Waals surface area (Å²) in [5, 5.41) is 6.25. The number of aryl methyl sites for hydroxylation is 1. The summed E-state index contributed by atoms with van der Waals surface area (Å²) in [4.78, 5) is 11.0. The Balaban J connectivity index is 2.74. The molecule has 0 aromatic heterocycles. The van der Waals surface area contributed by atoms with Gasteiger partial charge in [0.25, 0.3) is 0 Å². The third kappa shape index (κ3) is 4.62. The zero-order chi connectivity index (χ0) is 13.5. The number of hydrogen-bond donors (Lipinski definition) is 2. The molecule has 1 aromatic rings. The Morgan fingerprint density at radius 3 is 2.83 bits per heavy atom. The van der Waals surface area contributed by atoms with Crippen molar-refractivity contribution < 1.29 is 4.79 Å². The van der Waals surface area contributed by atoms with Crippen molar-refractivity contribution in [1.82, 2.24) is 0 Å². The van der Waals surface area contributed by atoms with Crippen LogP contribution in [0.4, 0.5) is 11.4 Å². The summed E-state index contributed by atoms with van der Waals surface area (Å²) in [6.45, 7) is 9.44. The summed E-state index contributed by atoms with van der Waals surface area (Å²) in [6, 6.07) is 6.28. The number of anilines is 2. The fourth-order valence-corrected chi connectivity index (χ4v) is 1.76. The maximum absolute atomic E-state index is 11.0. The molecule has 0 saturated carbocycles. The van der Waals surface area contributed by atoms with Gasteiger partial charge in [-0.3, -0.25) is 4.79 Å². The molecule has 0 aliphatic rings. The van der Waals surface area contributed by atoms with Crippen molar-refractivity contribution in [1.29, 1.82) is 0 Å². The van der Waals surface area contributed by atoms with Crippen LogP contribution in [0.5, 0.6) is 0 Å². The number of carbonyl (C=O) groups is 1. The molecule has 0 bridgehead atoms. The Bertz CT molecular complexity index is 427. The first-order valence-corrected chi connectivity index (χ1v) is 6.28. The molecule has 0 aliphatic heterocycles. The van der Waals surface area contributed by atoms with Gasteiger partial charge in [-0.2, -0.15) is 0 Å². The fraction of sp³-hybridized carbons (Fsp3) is 0.400. The molecule has 0 saturated heterocycles. The van der Waals surface area contributed by atoms with Crippen molar-refractivity contribution in [3.8, 4) is 0 Å². The van der Waals surface area contributed by atoms with Crippen molar-refractivity contribution in [3.63, 3.8) is 0 Å². The second-order valence-corrected chi connectivity index (χ2v) is 4.62. The number of allylic oxidation sites excluding steroid dienone is 1. The standard InChI is InChI=1S/C15H22N2O/c1-5-6-7-12(3)16-15-10-14(17-13(4)18)9-8-11(15)2/h5,8-10,12,16H,1,6-7H2,2-4H3,(H,17,18). The van der Waals surface area contributed by atoms with Crippen LogP contribution in [0.25, 0.3) is 0 Å². The molecule has 1 aromatic carbocycles. The van der Waals surface area contributed by atoms with E-state index in [-0.39, 0.29) is 5.91 Å². The van der Waals surface area contributed by atoms with Crippen molar-refractivity contribution >= 4 is 17.3 Å². The molecule has 18 heavy (non-hydrogen) atoms. The SMILES string of the molecule is C=CCCC(C)Nc1cc(NC(C)=O)ccc1C. The monoisotopic (exact) mass is 246 g/mol. The third-order valence-corrected chi connectivity index (χ3v) is 2.76. The predicted octanol–water partition coefficient (Wildman–Crippen LogP) is 3.72. The zero-order valence-corrected chi connectivity index (χ0v) is 11.4. The number of rotatable bonds is 6. The summed E-state index contributed by atoms with van der Waals surface area (Å²) < 4.78 is 0. The lowest BCUT2D eigenvalue weighted by molar-refractivity contribution is -0.114. The molecule has 0 aliphatic carbocycles. The van der Waals surface area contributed by atoms with Crippen LogP contribution in [0.15, 0.2) is 30.9 Å². The van der Waals surface area contributed by atoms with E-state index >= 15 is 0 Å². The van der Waals surface area contributed by atoms with Crippen LogP contribution in [-0.4, -0.2) is 11.9 Å². The Hall–Kier alpha value is -1.77. The van der Waals surface area contributed by atoms with Gasteiger partial charge in [0.15, 0.2) is 0 Å². The Labute approximate surface area is 109 Å². The minimum absolute atomic E-state index is 0.0514. The summed E-state index contributed by atoms with van der Waals surface area (Å²) in [5.41, 5.74) is 3.07. The molecule has 3 heteroatoms. The largest absolute Gasteiger partial charge is 0.382 e. The van der Waals surface area contributed by atoms with Crippen molar-refractivity contribution in [2.24, 2.45) is 0 Å². The lowest BCUT2D eigenvalue weighted by atomic mass is 10.1. The molecule has 0 spiro atoms. The van der Waals surface area contributed by atoms with Crippen LogP contribution in [0, 0.1) is 6.92 Å². The molecule has 1 rings (SSSR count). The molecular formula is C15H22N2O. The van der Waals surface area contributed by atoms with Gasteiger partial charge in [0.2, 0.25) is 5.91 Å². The quantitative estimate of drug-likeness (QED) is 0.751. The molecule has 1 amide bonds. The molecule has 1 unspecified atom stereocenters. The van der Waals surface area contributed by atoms with E-state index < -0.39 is 0 Å². The maximum Gasteiger partial charge on any atom is 0.221 e. The number of nitrogens with one attached hydrogen (secondary N) is 2. The van der Waals surface area contributed by atoms with Gasteiger partial charge < -0.3 is 10.6 Å². The lowest BCUT2D eigenvalue weighted by Crippen LogP contribution is -2.15. The van der Waals surface area contributed by atoms with Crippen molar-refractivity contribution in [2.45, 2.75) is 39.7 Å². The van der Waals surface area contributed by atoms with E-state index in [0.717, 1.165) is 24.2 Å². The van der Waals surface area contributed by atoms with Gasteiger partial charge in [-0.15, -0.1) is 6.58 Å². The summed E-state index contributed by atoms with van der Waals surface area (Å²) >= 11 is 0. The number of carbonyl (C=O) groups excluding carboxylic acids is 1. The van der Waals surface area contributed by atoms with E-state index in [1.54, 1.807) is 0 Å². The minimum atomic E-state index is -0.0514. The molecule has 2 N–H and O–H groups in total. The van der Waals surface area contributed by atoms with Gasteiger partial charge in [0.1, 0.15) is 0 Å². The molecule has 0 radical (unpaired) electrons. The minimum Gasteiger partial charge on any atom is -0.382 e. The fourth-order valence-electron chi connectivity index (χ4n) is 1.76. The highest BCUT2D eigenvalue weighted by atomic mass is 16.1. The second-order valence-electron chi connectivity index (χ2n) is 4.62. The maximum atomic E-state index is 11.0. The predicted molar refractivity (Wildman–Crippen MR) is 78.0 cm³/mol. The average Bonchev–Trinajstić information content (AvgIpc) is 2.30. The van der Waals surface area contributed by atoms with Gasteiger partial charge in [-0.25, -0.2) is 0 Å². The van der Waals surface area contributed by atoms with Crippen LogP contribution >= 0.6 is 0 Å². The summed E-state index contributed by atoms with van der Waals surface area (Å²) in [7, 11) is 0. The van der Waals surface area contributed by atoms with Crippen LogP contribution in [0.2, 0.25) is 0 Å². The van der Waals surface area contributed by atoms with Gasteiger partial charge in [0.05, 0.1) is 0 Å². The topological polar surface area (TPSA) is 41.1 Å². The van der Waals surface area contributed by atoms with E-state index in [2.05, 4.69) is 31.1 Å². The average molecular weight is 246 g/mol. The lowest BCUT2D eigenvalue weighted by Gasteiger charge is -2.17. The number of hydrogen-bond acceptors (Lipinski definition) is 2. The van der Waals surface area contributed by atoms with Crippen LogP contribution < -0.4 is 10.6 Å². The first kappa shape index (κ1) is 14.3. The van der Waals surface area contributed by atoms with Gasteiger partial charge in [0, 0.05) is 24.3 Å². The normalized spacial score (nSPS) is 11.7. The summed E-state index contributed by atoms with van der Waals surface area (Å²) in [6.07, 6.45) is 3.98. The van der Waals surface area contributed by atoms with Gasteiger partial charge in [-0.1, -0.05) is 12.1 Å². The highest BCUT2D eigenvalue weighted by molar-refractivity contribution is 5.89. The molecule has 3 nitrogen and oxygen atoms in total. The molecule has 98 valence electrons. The summed E-state index contributed by atoms with van der Waals surface area (Å²) in [5.74, 6) is -0.0514. The van der Waals surface area contributed by atoms with E-state index in [9.17, 15) is 4.79 Å². The number of amides is 1. The van der Waals surface area contributed by atoms with Gasteiger partial charge in [-0.05, 0) is 44.4 Å². The smallest absolute Gasteiger partial charge is 0.221 e. The van der Waals surface area contributed by atoms with E-state index in [1.165, 1.54) is 12.5 Å². The van der Waals surface area contributed by atoms with Crippen molar-refractivity contribution in [3.05, 3.63) is 36.4 Å². The van der Waals surface area contributed by atoms with E-state index in [0.29, 0.717) is 6.04 Å². The zero-order valence-electron chi connectivity index (χ0n) is 11.4.